The maximum atomic E-state index is 3.81. The van der Waals surface area contributed by atoms with E-state index in [1.54, 1.807) is 0 Å². The van der Waals surface area contributed by atoms with E-state index in [9.17, 15) is 0 Å². The lowest BCUT2D eigenvalue weighted by Gasteiger charge is -2.14. The lowest BCUT2D eigenvalue weighted by molar-refractivity contribution is 0.384. The monoisotopic (exact) mass is 151 g/mol. The van der Waals surface area contributed by atoms with Crippen LogP contribution in [-0.4, -0.2) is 12.1 Å². The topological polar surface area (TPSA) is 12.0 Å². The van der Waals surface area contributed by atoms with Crippen LogP contribution in [-0.2, 0) is 0 Å². The van der Waals surface area contributed by atoms with Gasteiger partial charge < -0.3 is 5.32 Å². The average molecular weight is 151 g/mol. The van der Waals surface area contributed by atoms with Crippen LogP contribution in [0.1, 0.15) is 38.5 Å². The van der Waals surface area contributed by atoms with E-state index in [1.807, 2.05) is 0 Å². The molecular formula is C10H17N. The standard InChI is InChI=1S/C10H17N/c1-3-7-8-4-2-6-10(8)11-9(7)5-1/h7-11H,1-6H2. The SMILES string of the molecule is C1CC2NC3CCCC3C2C1. The Morgan fingerprint density at radius 2 is 1.27 bits per heavy atom. The zero-order valence-corrected chi connectivity index (χ0v) is 7.05. The van der Waals surface area contributed by atoms with Crippen LogP contribution in [0.4, 0.5) is 0 Å². The van der Waals surface area contributed by atoms with Crippen molar-refractivity contribution in [3.8, 4) is 0 Å². The number of rotatable bonds is 0. The van der Waals surface area contributed by atoms with Gasteiger partial charge in [0.2, 0.25) is 0 Å². The van der Waals surface area contributed by atoms with E-state index in [2.05, 4.69) is 5.32 Å². The van der Waals surface area contributed by atoms with Crippen molar-refractivity contribution < 1.29 is 0 Å². The van der Waals surface area contributed by atoms with Crippen molar-refractivity contribution in [2.45, 2.75) is 50.6 Å². The molecule has 1 N–H and O–H groups in total. The first-order valence-corrected chi connectivity index (χ1v) is 5.21. The molecule has 0 aromatic rings. The van der Waals surface area contributed by atoms with Gasteiger partial charge in [0.25, 0.3) is 0 Å². The normalized spacial score (nSPS) is 54.5. The summed E-state index contributed by atoms with van der Waals surface area (Å²) in [6.45, 7) is 0. The van der Waals surface area contributed by atoms with Crippen molar-refractivity contribution in [1.82, 2.24) is 5.32 Å². The molecule has 4 atom stereocenters. The third kappa shape index (κ3) is 0.807. The van der Waals surface area contributed by atoms with E-state index in [0.717, 1.165) is 23.9 Å². The molecule has 4 unspecified atom stereocenters. The fourth-order valence-electron chi connectivity index (χ4n) is 3.69. The molecule has 3 aliphatic rings. The van der Waals surface area contributed by atoms with Gasteiger partial charge in [0.15, 0.2) is 0 Å². The zero-order valence-electron chi connectivity index (χ0n) is 7.05. The quantitative estimate of drug-likeness (QED) is 0.558. The molecule has 0 aromatic carbocycles. The van der Waals surface area contributed by atoms with Gasteiger partial charge in [-0.15, -0.1) is 0 Å². The summed E-state index contributed by atoms with van der Waals surface area (Å²) < 4.78 is 0. The second kappa shape index (κ2) is 2.22. The summed E-state index contributed by atoms with van der Waals surface area (Å²) in [6.07, 6.45) is 8.98. The maximum Gasteiger partial charge on any atom is 0.0101 e. The van der Waals surface area contributed by atoms with E-state index < -0.39 is 0 Å². The molecule has 1 aliphatic heterocycles. The van der Waals surface area contributed by atoms with Gasteiger partial charge in [0.05, 0.1) is 0 Å². The minimum atomic E-state index is 0.935. The van der Waals surface area contributed by atoms with Gasteiger partial charge in [-0.2, -0.15) is 0 Å². The molecular weight excluding hydrogens is 134 g/mol. The Bertz CT molecular complexity index is 148. The van der Waals surface area contributed by atoms with Gasteiger partial charge in [-0.1, -0.05) is 12.8 Å². The summed E-state index contributed by atoms with van der Waals surface area (Å²) in [6, 6.07) is 1.87. The number of hydrogen-bond acceptors (Lipinski definition) is 1. The molecule has 0 radical (unpaired) electrons. The van der Waals surface area contributed by atoms with Gasteiger partial charge in [-0.3, -0.25) is 0 Å². The molecule has 3 fully saturated rings. The Labute approximate surface area is 68.6 Å². The predicted molar refractivity (Wildman–Crippen MR) is 45.4 cm³/mol. The summed E-state index contributed by atoms with van der Waals surface area (Å²) in [7, 11) is 0. The van der Waals surface area contributed by atoms with E-state index >= 15 is 0 Å². The Balaban J connectivity index is 1.84. The molecule has 11 heavy (non-hydrogen) atoms. The van der Waals surface area contributed by atoms with Gasteiger partial charge in [-0.05, 0) is 37.5 Å². The molecule has 1 heteroatoms. The number of fused-ring (bicyclic) bond motifs is 3. The average Bonchev–Trinajstić information content (AvgIpc) is 2.52. The summed E-state index contributed by atoms with van der Waals surface area (Å²) in [5.41, 5.74) is 0. The van der Waals surface area contributed by atoms with Crippen LogP contribution in [0.15, 0.2) is 0 Å². The van der Waals surface area contributed by atoms with Crippen LogP contribution in [0.2, 0.25) is 0 Å². The minimum Gasteiger partial charge on any atom is -0.311 e. The van der Waals surface area contributed by atoms with Crippen molar-refractivity contribution in [3.63, 3.8) is 0 Å². The Hall–Kier alpha value is -0.0400. The van der Waals surface area contributed by atoms with Crippen LogP contribution in [0.25, 0.3) is 0 Å². The van der Waals surface area contributed by atoms with Crippen molar-refractivity contribution in [3.05, 3.63) is 0 Å². The van der Waals surface area contributed by atoms with Gasteiger partial charge >= 0.3 is 0 Å². The van der Waals surface area contributed by atoms with E-state index in [-0.39, 0.29) is 0 Å². The van der Waals surface area contributed by atoms with Crippen molar-refractivity contribution in [2.24, 2.45) is 11.8 Å². The summed E-state index contributed by atoms with van der Waals surface area (Å²) in [5, 5.41) is 3.81. The Kier molecular flexibility index (Phi) is 1.31. The first-order valence-electron chi connectivity index (χ1n) is 5.21. The molecule has 1 heterocycles. The van der Waals surface area contributed by atoms with Crippen LogP contribution >= 0.6 is 0 Å². The summed E-state index contributed by atoms with van der Waals surface area (Å²) in [4.78, 5) is 0. The smallest absolute Gasteiger partial charge is 0.0101 e. The molecule has 2 aliphatic carbocycles. The highest BCUT2D eigenvalue weighted by Crippen LogP contribution is 2.45. The first-order chi connectivity index (χ1) is 5.45. The van der Waals surface area contributed by atoms with Gasteiger partial charge in [-0.25, -0.2) is 0 Å². The van der Waals surface area contributed by atoms with Crippen molar-refractivity contribution in [2.75, 3.05) is 0 Å². The number of hydrogen-bond donors (Lipinski definition) is 1. The van der Waals surface area contributed by atoms with Gasteiger partial charge in [0, 0.05) is 12.1 Å². The maximum absolute atomic E-state index is 3.81. The third-order valence-corrected chi connectivity index (χ3v) is 4.12. The first kappa shape index (κ1) is 6.47. The third-order valence-electron chi connectivity index (χ3n) is 4.12. The number of nitrogens with one attached hydrogen (secondary N) is 1. The second-order valence-corrected chi connectivity index (χ2v) is 4.57. The highest BCUT2D eigenvalue weighted by molar-refractivity contribution is 5.02. The lowest BCUT2D eigenvalue weighted by atomic mass is 9.90. The Morgan fingerprint density at radius 3 is 1.82 bits per heavy atom. The van der Waals surface area contributed by atoms with E-state index in [4.69, 9.17) is 0 Å². The summed E-state index contributed by atoms with van der Waals surface area (Å²) >= 11 is 0. The molecule has 0 amide bonds. The second-order valence-electron chi connectivity index (χ2n) is 4.57. The molecule has 62 valence electrons. The highest BCUT2D eigenvalue weighted by Gasteiger charge is 2.46. The van der Waals surface area contributed by atoms with Crippen LogP contribution in [0.3, 0.4) is 0 Å². The van der Waals surface area contributed by atoms with Gasteiger partial charge in [0.1, 0.15) is 0 Å². The van der Waals surface area contributed by atoms with Crippen LogP contribution in [0, 0.1) is 11.8 Å². The molecule has 1 saturated heterocycles. The van der Waals surface area contributed by atoms with Crippen molar-refractivity contribution in [1.29, 1.82) is 0 Å². The summed E-state index contributed by atoms with van der Waals surface area (Å²) in [5.74, 6) is 2.17. The molecule has 1 nitrogen and oxygen atoms in total. The lowest BCUT2D eigenvalue weighted by Crippen LogP contribution is -2.28. The largest absolute Gasteiger partial charge is 0.311 e. The fourth-order valence-corrected chi connectivity index (χ4v) is 3.69. The fraction of sp³-hybridized carbons (Fsp3) is 1.00. The van der Waals surface area contributed by atoms with E-state index in [0.29, 0.717) is 0 Å². The molecule has 0 bridgehead atoms. The van der Waals surface area contributed by atoms with Crippen LogP contribution in [0.5, 0.6) is 0 Å². The highest BCUT2D eigenvalue weighted by atomic mass is 15.0. The predicted octanol–water partition coefficient (Wildman–Crippen LogP) is 1.93. The molecule has 2 saturated carbocycles. The zero-order chi connectivity index (χ0) is 7.26. The minimum absolute atomic E-state index is 0.935. The molecule has 0 aromatic heterocycles. The molecule has 3 rings (SSSR count). The van der Waals surface area contributed by atoms with Crippen LogP contribution < -0.4 is 5.32 Å². The van der Waals surface area contributed by atoms with Crippen molar-refractivity contribution >= 4 is 0 Å². The Morgan fingerprint density at radius 1 is 0.727 bits per heavy atom. The van der Waals surface area contributed by atoms with E-state index in [1.165, 1.54) is 38.5 Å². The molecule has 0 spiro atoms.